The van der Waals surface area contributed by atoms with Gasteiger partial charge < -0.3 is 19.4 Å². The van der Waals surface area contributed by atoms with Gasteiger partial charge in [-0.05, 0) is 85.4 Å². The largest absolute Gasteiger partial charge is 0.497 e. The lowest BCUT2D eigenvalue weighted by molar-refractivity contribution is -0.115. The van der Waals surface area contributed by atoms with E-state index in [-0.39, 0.29) is 5.91 Å². The number of carbonyl (C=O) groups is 1. The summed E-state index contributed by atoms with van der Waals surface area (Å²) in [7, 11) is 1.64. The van der Waals surface area contributed by atoms with Crippen LogP contribution in [-0.2, 0) is 4.79 Å². The summed E-state index contributed by atoms with van der Waals surface area (Å²) >= 11 is 1.32. The molecule has 1 aliphatic rings. The maximum Gasteiger partial charge on any atom is 0.264 e. The minimum atomic E-state index is -0.160. The van der Waals surface area contributed by atoms with Crippen molar-refractivity contribution in [2.45, 2.75) is 6.92 Å². The van der Waals surface area contributed by atoms with E-state index in [9.17, 15) is 4.79 Å². The van der Waals surface area contributed by atoms with Crippen molar-refractivity contribution < 1.29 is 14.3 Å². The molecule has 0 spiro atoms. The topological polar surface area (TPSA) is 64.8 Å². The molecule has 7 heteroatoms. The molecule has 3 aromatic rings. The Kier molecular flexibility index (Phi) is 5.90. The van der Waals surface area contributed by atoms with Gasteiger partial charge in [0.05, 0.1) is 24.3 Å². The Morgan fingerprint density at radius 1 is 1.07 bits per heavy atom. The first-order chi connectivity index (χ1) is 14.7. The number of rotatable bonds is 6. The zero-order valence-corrected chi connectivity index (χ0v) is 17.5. The number of hydrogen-bond acceptors (Lipinski definition) is 5. The summed E-state index contributed by atoms with van der Waals surface area (Å²) in [4.78, 5) is 17.6. The number of amidine groups is 1. The highest BCUT2D eigenvalue weighted by Crippen LogP contribution is 2.29. The van der Waals surface area contributed by atoms with E-state index in [4.69, 9.17) is 9.47 Å². The van der Waals surface area contributed by atoms with Gasteiger partial charge in [-0.3, -0.25) is 4.79 Å². The number of methoxy groups -OCH3 is 1. The highest BCUT2D eigenvalue weighted by atomic mass is 32.2. The molecule has 0 bridgehead atoms. The standard InChI is InChI=1S/C23H21N3O3S/c1-3-29-20-10-6-16(7-11-20)24-23-25-22(27)21(30-23)15-18-5-4-14-26(18)17-8-12-19(28-2)13-9-17/h4-15H,3H2,1-2H3,(H,24,25,27)/b21-15+. The van der Waals surface area contributed by atoms with Gasteiger partial charge in [-0.2, -0.15) is 0 Å². The van der Waals surface area contributed by atoms with Crippen LogP contribution < -0.4 is 14.8 Å². The second kappa shape index (κ2) is 8.92. The SMILES string of the molecule is CCOc1ccc(N=C2NC(=O)/C(=C\c3cccn3-c3ccc(OC)cc3)S2)cc1. The van der Waals surface area contributed by atoms with E-state index in [0.29, 0.717) is 16.7 Å². The number of ether oxygens (including phenoxy) is 2. The van der Waals surface area contributed by atoms with Gasteiger partial charge in [-0.1, -0.05) is 0 Å². The lowest BCUT2D eigenvalue weighted by atomic mass is 10.3. The molecule has 4 rings (SSSR count). The van der Waals surface area contributed by atoms with Gasteiger partial charge >= 0.3 is 0 Å². The van der Waals surface area contributed by atoms with Crippen LogP contribution in [0.3, 0.4) is 0 Å². The summed E-state index contributed by atoms with van der Waals surface area (Å²) in [5.41, 5.74) is 2.64. The Labute approximate surface area is 179 Å². The Balaban J connectivity index is 1.54. The van der Waals surface area contributed by atoms with Gasteiger partial charge in [0.15, 0.2) is 5.17 Å². The number of nitrogens with zero attached hydrogens (tertiary/aromatic N) is 2. The first kappa shape index (κ1) is 19.8. The summed E-state index contributed by atoms with van der Waals surface area (Å²) in [6, 6.07) is 19.1. The normalized spacial score (nSPS) is 16.1. The Morgan fingerprint density at radius 2 is 1.80 bits per heavy atom. The molecule has 2 heterocycles. The number of thioether (sulfide) groups is 1. The zero-order valence-electron chi connectivity index (χ0n) is 16.7. The first-order valence-electron chi connectivity index (χ1n) is 9.50. The van der Waals surface area contributed by atoms with Crippen LogP contribution in [0, 0.1) is 0 Å². The summed E-state index contributed by atoms with van der Waals surface area (Å²) < 4.78 is 12.7. The molecule has 1 N–H and O–H groups in total. The molecule has 6 nitrogen and oxygen atoms in total. The number of amides is 1. The van der Waals surface area contributed by atoms with Gasteiger partial charge in [0.2, 0.25) is 0 Å². The molecule has 1 aliphatic heterocycles. The van der Waals surface area contributed by atoms with E-state index in [0.717, 1.165) is 28.6 Å². The lowest BCUT2D eigenvalue weighted by Crippen LogP contribution is -2.19. The molecular weight excluding hydrogens is 398 g/mol. The van der Waals surface area contributed by atoms with Crippen molar-refractivity contribution in [2.24, 2.45) is 4.99 Å². The molecule has 1 fully saturated rings. The van der Waals surface area contributed by atoms with Gasteiger partial charge in [0.1, 0.15) is 11.5 Å². The van der Waals surface area contributed by atoms with Crippen molar-refractivity contribution in [1.82, 2.24) is 9.88 Å². The molecule has 0 radical (unpaired) electrons. The Morgan fingerprint density at radius 3 is 2.50 bits per heavy atom. The van der Waals surface area contributed by atoms with Crippen LogP contribution in [0.1, 0.15) is 12.6 Å². The number of hydrogen-bond donors (Lipinski definition) is 1. The van der Waals surface area contributed by atoms with E-state index in [1.165, 1.54) is 11.8 Å². The fourth-order valence-electron chi connectivity index (χ4n) is 3.01. The summed E-state index contributed by atoms with van der Waals surface area (Å²) in [6.07, 6.45) is 3.82. The van der Waals surface area contributed by atoms with Crippen molar-refractivity contribution in [3.63, 3.8) is 0 Å². The minimum absolute atomic E-state index is 0.160. The fourth-order valence-corrected chi connectivity index (χ4v) is 3.83. The Hall–Kier alpha value is -3.45. The van der Waals surface area contributed by atoms with Crippen molar-refractivity contribution in [2.75, 3.05) is 13.7 Å². The molecule has 2 aromatic carbocycles. The average molecular weight is 420 g/mol. The quantitative estimate of drug-likeness (QED) is 0.584. The van der Waals surface area contributed by atoms with E-state index < -0.39 is 0 Å². The van der Waals surface area contributed by atoms with Crippen LogP contribution in [0.2, 0.25) is 0 Å². The number of nitrogens with one attached hydrogen (secondary N) is 1. The van der Waals surface area contributed by atoms with E-state index in [1.54, 1.807) is 7.11 Å². The van der Waals surface area contributed by atoms with Gasteiger partial charge in [-0.25, -0.2) is 4.99 Å². The van der Waals surface area contributed by atoms with Gasteiger partial charge in [0.25, 0.3) is 5.91 Å². The first-order valence-corrected chi connectivity index (χ1v) is 10.3. The molecule has 1 aromatic heterocycles. The van der Waals surface area contributed by atoms with Crippen LogP contribution in [0.5, 0.6) is 11.5 Å². The predicted octanol–water partition coefficient (Wildman–Crippen LogP) is 4.78. The van der Waals surface area contributed by atoms with Crippen molar-refractivity contribution >= 4 is 34.6 Å². The zero-order chi connectivity index (χ0) is 20.9. The van der Waals surface area contributed by atoms with E-state index in [1.807, 2.05) is 84.4 Å². The molecule has 0 unspecified atom stereocenters. The van der Waals surface area contributed by atoms with Crippen LogP contribution in [0.25, 0.3) is 11.8 Å². The monoisotopic (exact) mass is 419 g/mol. The minimum Gasteiger partial charge on any atom is -0.497 e. The number of aromatic nitrogens is 1. The van der Waals surface area contributed by atoms with Crippen molar-refractivity contribution in [3.05, 3.63) is 77.5 Å². The highest BCUT2D eigenvalue weighted by Gasteiger charge is 2.24. The van der Waals surface area contributed by atoms with Crippen LogP contribution >= 0.6 is 11.8 Å². The molecular formula is C23H21N3O3S. The second-order valence-electron chi connectivity index (χ2n) is 6.41. The number of aliphatic imine (C=N–C) groups is 1. The maximum absolute atomic E-state index is 12.4. The average Bonchev–Trinajstić information content (AvgIpc) is 3.36. The molecule has 30 heavy (non-hydrogen) atoms. The van der Waals surface area contributed by atoms with E-state index >= 15 is 0 Å². The van der Waals surface area contributed by atoms with Crippen molar-refractivity contribution in [3.8, 4) is 17.2 Å². The molecule has 0 atom stereocenters. The summed E-state index contributed by atoms with van der Waals surface area (Å²) in [5.74, 6) is 1.43. The van der Waals surface area contributed by atoms with Crippen LogP contribution in [0.15, 0.2) is 76.8 Å². The van der Waals surface area contributed by atoms with Crippen molar-refractivity contribution in [1.29, 1.82) is 0 Å². The lowest BCUT2D eigenvalue weighted by Gasteiger charge is -2.08. The maximum atomic E-state index is 12.4. The number of carbonyl (C=O) groups excluding carboxylic acids is 1. The Bertz CT molecular complexity index is 1100. The van der Waals surface area contributed by atoms with Gasteiger partial charge in [-0.15, -0.1) is 0 Å². The van der Waals surface area contributed by atoms with Crippen LogP contribution in [0.4, 0.5) is 5.69 Å². The van der Waals surface area contributed by atoms with Gasteiger partial charge in [0, 0.05) is 17.6 Å². The highest BCUT2D eigenvalue weighted by molar-refractivity contribution is 8.18. The molecule has 152 valence electrons. The molecule has 1 saturated heterocycles. The third-order valence-corrected chi connectivity index (χ3v) is 5.35. The summed E-state index contributed by atoms with van der Waals surface area (Å²) in [6.45, 7) is 2.56. The molecule has 1 amide bonds. The summed E-state index contributed by atoms with van der Waals surface area (Å²) in [5, 5.41) is 3.38. The second-order valence-corrected chi connectivity index (χ2v) is 7.44. The predicted molar refractivity (Wildman–Crippen MR) is 121 cm³/mol. The third-order valence-electron chi connectivity index (χ3n) is 4.44. The molecule has 0 saturated carbocycles. The molecule has 0 aliphatic carbocycles. The smallest absolute Gasteiger partial charge is 0.264 e. The fraction of sp³-hybridized carbons (Fsp3) is 0.130. The van der Waals surface area contributed by atoms with Crippen LogP contribution in [-0.4, -0.2) is 29.4 Å². The number of benzene rings is 2. The van der Waals surface area contributed by atoms with E-state index in [2.05, 4.69) is 10.3 Å². The third kappa shape index (κ3) is 4.41.